The number of carbonyl (C=O) groups excluding carboxylic acids is 1. The highest BCUT2D eigenvalue weighted by molar-refractivity contribution is 5.95. The molecule has 0 aliphatic rings. The number of nitro benzene ring substituents is 1. The summed E-state index contributed by atoms with van der Waals surface area (Å²) < 4.78 is 5.27. The number of hydrogen-bond acceptors (Lipinski definition) is 6. The van der Waals surface area contributed by atoms with Crippen molar-refractivity contribution in [3.05, 3.63) is 75.1 Å². The van der Waals surface area contributed by atoms with Crippen LogP contribution in [-0.4, -0.2) is 20.9 Å². The molecule has 0 bridgehead atoms. The third kappa shape index (κ3) is 3.30. The molecule has 0 N–H and O–H groups in total. The lowest BCUT2D eigenvalue weighted by atomic mass is 10.1. The standard InChI is InChI=1S/C18H15N3O4/c1-11-6-5-9-16(21(23)24)17(11)18(22)25-10-15-12(2)19-13-7-3-4-8-14(13)20-15/h3-9H,10H2,1-2H3. The Hall–Kier alpha value is -3.35. The summed E-state index contributed by atoms with van der Waals surface area (Å²) >= 11 is 0. The summed E-state index contributed by atoms with van der Waals surface area (Å²) in [6, 6.07) is 11.8. The number of para-hydroxylation sites is 2. The fourth-order valence-corrected chi connectivity index (χ4v) is 2.54. The largest absolute Gasteiger partial charge is 0.455 e. The van der Waals surface area contributed by atoms with Gasteiger partial charge in [0.1, 0.15) is 12.2 Å². The molecule has 0 aliphatic carbocycles. The van der Waals surface area contributed by atoms with Gasteiger partial charge in [0.25, 0.3) is 5.69 Å². The average molecular weight is 337 g/mol. The number of fused-ring (bicyclic) bond motifs is 1. The predicted molar refractivity (Wildman–Crippen MR) is 91.2 cm³/mol. The molecule has 0 unspecified atom stereocenters. The molecule has 7 nitrogen and oxygen atoms in total. The number of carbonyl (C=O) groups is 1. The van der Waals surface area contributed by atoms with Crippen LogP contribution in [0.3, 0.4) is 0 Å². The Morgan fingerprint density at radius 2 is 1.76 bits per heavy atom. The maximum Gasteiger partial charge on any atom is 0.345 e. The molecule has 0 fully saturated rings. The maximum absolute atomic E-state index is 12.4. The second-order valence-electron chi connectivity index (χ2n) is 5.55. The lowest BCUT2D eigenvalue weighted by Gasteiger charge is -2.09. The van der Waals surface area contributed by atoms with Crippen molar-refractivity contribution in [3.63, 3.8) is 0 Å². The van der Waals surface area contributed by atoms with Gasteiger partial charge in [0.05, 0.1) is 27.3 Å². The molecule has 0 atom stereocenters. The van der Waals surface area contributed by atoms with Gasteiger partial charge < -0.3 is 4.74 Å². The normalized spacial score (nSPS) is 10.6. The zero-order chi connectivity index (χ0) is 18.0. The smallest absolute Gasteiger partial charge is 0.345 e. The van der Waals surface area contributed by atoms with Gasteiger partial charge in [0.2, 0.25) is 0 Å². The van der Waals surface area contributed by atoms with Crippen LogP contribution in [-0.2, 0) is 11.3 Å². The average Bonchev–Trinajstić information content (AvgIpc) is 2.59. The summed E-state index contributed by atoms with van der Waals surface area (Å²) in [5.41, 5.74) is 2.78. The minimum absolute atomic E-state index is 0.0427. The number of rotatable bonds is 4. The number of aryl methyl sites for hydroxylation is 2. The van der Waals surface area contributed by atoms with Gasteiger partial charge in [0.15, 0.2) is 0 Å². The summed E-state index contributed by atoms with van der Waals surface area (Å²) in [7, 11) is 0. The summed E-state index contributed by atoms with van der Waals surface area (Å²) in [5.74, 6) is -0.751. The van der Waals surface area contributed by atoms with Crippen LogP contribution in [0, 0.1) is 24.0 Å². The van der Waals surface area contributed by atoms with Gasteiger partial charge in [-0.2, -0.15) is 0 Å². The number of esters is 1. The Kier molecular flexibility index (Phi) is 4.38. The van der Waals surface area contributed by atoms with Crippen molar-refractivity contribution in [3.8, 4) is 0 Å². The van der Waals surface area contributed by atoms with Gasteiger partial charge in [-0.3, -0.25) is 10.1 Å². The van der Waals surface area contributed by atoms with E-state index < -0.39 is 10.9 Å². The Morgan fingerprint density at radius 3 is 2.44 bits per heavy atom. The number of hydrogen-bond donors (Lipinski definition) is 0. The topological polar surface area (TPSA) is 95.2 Å². The molecule has 3 rings (SSSR count). The van der Waals surface area contributed by atoms with Gasteiger partial charge in [-0.05, 0) is 31.5 Å². The first-order valence-corrected chi connectivity index (χ1v) is 7.61. The lowest BCUT2D eigenvalue weighted by molar-refractivity contribution is -0.385. The summed E-state index contributed by atoms with van der Waals surface area (Å²) in [6.45, 7) is 3.30. The third-order valence-electron chi connectivity index (χ3n) is 3.83. The van der Waals surface area contributed by atoms with Crippen LogP contribution in [0.2, 0.25) is 0 Å². The number of ether oxygens (including phenoxy) is 1. The molecule has 0 amide bonds. The van der Waals surface area contributed by atoms with E-state index in [1.807, 2.05) is 24.3 Å². The Labute approximate surface area is 143 Å². The number of nitro groups is 1. The first kappa shape index (κ1) is 16.5. The van der Waals surface area contributed by atoms with Gasteiger partial charge in [0, 0.05) is 6.07 Å². The molecular weight excluding hydrogens is 322 g/mol. The molecule has 0 saturated heterocycles. The molecule has 0 aliphatic heterocycles. The van der Waals surface area contributed by atoms with E-state index in [-0.39, 0.29) is 17.9 Å². The Balaban J connectivity index is 1.86. The van der Waals surface area contributed by atoms with Crippen molar-refractivity contribution in [1.29, 1.82) is 0 Å². The molecule has 1 aromatic heterocycles. The fraction of sp³-hybridized carbons (Fsp3) is 0.167. The lowest BCUT2D eigenvalue weighted by Crippen LogP contribution is -2.11. The highest BCUT2D eigenvalue weighted by Crippen LogP contribution is 2.23. The monoisotopic (exact) mass is 337 g/mol. The van der Waals surface area contributed by atoms with Crippen LogP contribution in [0.5, 0.6) is 0 Å². The van der Waals surface area contributed by atoms with Crippen molar-refractivity contribution in [2.75, 3.05) is 0 Å². The highest BCUT2D eigenvalue weighted by atomic mass is 16.6. The first-order chi connectivity index (χ1) is 12.0. The summed E-state index contributed by atoms with van der Waals surface area (Å²) in [4.78, 5) is 31.8. The zero-order valence-corrected chi connectivity index (χ0v) is 13.7. The number of aromatic nitrogens is 2. The molecule has 0 radical (unpaired) electrons. The molecule has 1 heterocycles. The van der Waals surface area contributed by atoms with Crippen molar-refractivity contribution in [1.82, 2.24) is 9.97 Å². The minimum atomic E-state index is -0.751. The second-order valence-corrected chi connectivity index (χ2v) is 5.55. The molecule has 7 heteroatoms. The van der Waals surface area contributed by atoms with E-state index in [0.717, 1.165) is 5.52 Å². The zero-order valence-electron chi connectivity index (χ0n) is 13.7. The second kappa shape index (κ2) is 6.64. The molecule has 126 valence electrons. The first-order valence-electron chi connectivity index (χ1n) is 7.61. The van der Waals surface area contributed by atoms with Gasteiger partial charge >= 0.3 is 5.97 Å². The van der Waals surface area contributed by atoms with Gasteiger partial charge in [-0.15, -0.1) is 0 Å². The minimum Gasteiger partial charge on any atom is -0.455 e. The molecule has 3 aromatic rings. The van der Waals surface area contributed by atoms with Crippen molar-refractivity contribution in [2.24, 2.45) is 0 Å². The van der Waals surface area contributed by atoms with Crippen molar-refractivity contribution < 1.29 is 14.5 Å². The predicted octanol–water partition coefficient (Wildman–Crippen LogP) is 3.51. The van der Waals surface area contributed by atoms with E-state index in [0.29, 0.717) is 22.5 Å². The van der Waals surface area contributed by atoms with Crippen LogP contribution in [0.25, 0.3) is 11.0 Å². The van der Waals surface area contributed by atoms with E-state index >= 15 is 0 Å². The molecule has 2 aromatic carbocycles. The Morgan fingerprint density at radius 1 is 1.08 bits per heavy atom. The summed E-state index contributed by atoms with van der Waals surface area (Å²) in [5, 5.41) is 11.1. The van der Waals surface area contributed by atoms with Crippen LogP contribution >= 0.6 is 0 Å². The fourth-order valence-electron chi connectivity index (χ4n) is 2.54. The van der Waals surface area contributed by atoms with E-state index in [1.54, 1.807) is 19.9 Å². The SMILES string of the molecule is Cc1cccc([N+](=O)[O-])c1C(=O)OCc1nc2ccccc2nc1C. The number of benzene rings is 2. The maximum atomic E-state index is 12.4. The van der Waals surface area contributed by atoms with E-state index in [9.17, 15) is 14.9 Å². The Bertz CT molecular complexity index is 985. The highest BCUT2D eigenvalue weighted by Gasteiger charge is 2.23. The van der Waals surface area contributed by atoms with Crippen LogP contribution in [0.1, 0.15) is 27.3 Å². The van der Waals surface area contributed by atoms with Crippen LogP contribution < -0.4 is 0 Å². The van der Waals surface area contributed by atoms with Gasteiger partial charge in [-0.25, -0.2) is 14.8 Å². The van der Waals surface area contributed by atoms with E-state index in [2.05, 4.69) is 9.97 Å². The van der Waals surface area contributed by atoms with Crippen LogP contribution in [0.4, 0.5) is 5.69 Å². The van der Waals surface area contributed by atoms with Crippen LogP contribution in [0.15, 0.2) is 42.5 Å². The van der Waals surface area contributed by atoms with E-state index in [4.69, 9.17) is 4.74 Å². The van der Waals surface area contributed by atoms with Gasteiger partial charge in [-0.1, -0.05) is 24.3 Å². The van der Waals surface area contributed by atoms with Crippen molar-refractivity contribution in [2.45, 2.75) is 20.5 Å². The molecule has 25 heavy (non-hydrogen) atoms. The molecule has 0 saturated carbocycles. The number of nitrogens with zero attached hydrogens (tertiary/aromatic N) is 3. The third-order valence-corrected chi connectivity index (χ3v) is 3.83. The quantitative estimate of drug-likeness (QED) is 0.411. The van der Waals surface area contributed by atoms with E-state index in [1.165, 1.54) is 12.1 Å². The van der Waals surface area contributed by atoms with Crippen molar-refractivity contribution >= 4 is 22.7 Å². The molecular formula is C18H15N3O4. The summed E-state index contributed by atoms with van der Waals surface area (Å²) in [6.07, 6.45) is 0. The molecule has 0 spiro atoms.